The number of nitrogens with zero attached hydrogens (tertiary/aromatic N) is 2. The molecule has 3 atom stereocenters. The predicted octanol–water partition coefficient (Wildman–Crippen LogP) is 9.15. The first kappa shape index (κ1) is 38.2. The van der Waals surface area contributed by atoms with E-state index in [4.69, 9.17) is 23.7 Å². The van der Waals surface area contributed by atoms with Crippen molar-refractivity contribution < 1.29 is 33.6 Å². The number of hydrogen-bond acceptors (Lipinski definition) is 10. The summed E-state index contributed by atoms with van der Waals surface area (Å²) >= 11 is 1.88. The highest BCUT2D eigenvalue weighted by Crippen LogP contribution is 2.52. The van der Waals surface area contributed by atoms with Gasteiger partial charge in [0.1, 0.15) is 46.9 Å². The van der Waals surface area contributed by atoms with Crippen LogP contribution in [0.2, 0.25) is 0 Å². The van der Waals surface area contributed by atoms with Gasteiger partial charge in [0, 0.05) is 40.1 Å². The van der Waals surface area contributed by atoms with Crippen molar-refractivity contribution in [3.63, 3.8) is 0 Å². The minimum atomic E-state index is -0.630. The molecule has 0 bridgehead atoms. The molecule has 0 saturated heterocycles. The molecule has 4 aliphatic heterocycles. The highest BCUT2D eigenvalue weighted by molar-refractivity contribution is 7.99. The van der Waals surface area contributed by atoms with E-state index < -0.39 is 17.6 Å². The zero-order chi connectivity index (χ0) is 36.7. The number of carbonyl (C=O) groups excluding carboxylic acids is 1. The number of carbonyl (C=O) groups is 1. The number of ketones is 1. The second kappa shape index (κ2) is 15.5. The quantitative estimate of drug-likeness (QED) is 0.197. The molecule has 0 fully saturated rings. The van der Waals surface area contributed by atoms with Crippen molar-refractivity contribution in [1.82, 2.24) is 4.90 Å². The summed E-state index contributed by atoms with van der Waals surface area (Å²) in [4.78, 5) is 21.3. The number of anilines is 2. The summed E-state index contributed by atoms with van der Waals surface area (Å²) in [6.45, 7) is 14.1. The summed E-state index contributed by atoms with van der Waals surface area (Å²) in [7, 11) is 3.07. The van der Waals surface area contributed by atoms with E-state index in [9.17, 15) is 9.90 Å². The first-order valence-corrected chi connectivity index (χ1v) is 18.6. The molecule has 0 aliphatic carbocycles. The zero-order valence-corrected chi connectivity index (χ0v) is 32.8. The van der Waals surface area contributed by atoms with Crippen molar-refractivity contribution in [2.75, 3.05) is 45.4 Å². The van der Waals surface area contributed by atoms with Gasteiger partial charge in [-0.2, -0.15) is 0 Å². The van der Waals surface area contributed by atoms with E-state index in [1.807, 2.05) is 37.8 Å². The Balaban J connectivity index is 0.000000187. The Kier molecular flexibility index (Phi) is 11.1. The fourth-order valence-corrected chi connectivity index (χ4v) is 8.57. The Morgan fingerprint density at radius 1 is 0.962 bits per heavy atom. The maximum Gasteiger partial charge on any atom is 0.181 e. The van der Waals surface area contributed by atoms with Gasteiger partial charge in [0.25, 0.3) is 0 Å². The monoisotopic (exact) mass is 758 g/mol. The van der Waals surface area contributed by atoms with E-state index in [2.05, 4.69) is 79.1 Å². The number of ether oxygens (including phenoxy) is 5. The lowest BCUT2D eigenvalue weighted by molar-refractivity contribution is 0.0547. The number of aromatic hydroxyl groups is 1. The fourth-order valence-electron chi connectivity index (χ4n) is 7.48. The molecule has 280 valence electrons. The summed E-state index contributed by atoms with van der Waals surface area (Å²) < 4.78 is 28.8. The van der Waals surface area contributed by atoms with Gasteiger partial charge in [-0.3, -0.25) is 9.69 Å². The lowest BCUT2D eigenvalue weighted by atomic mass is 9.80. The third kappa shape index (κ3) is 7.12. The van der Waals surface area contributed by atoms with Crippen molar-refractivity contribution in [2.45, 2.75) is 68.1 Å². The molecular formula is C42H47ClN2O7S. The number of phenolic OH excluding ortho intramolecular Hbond substituents is 1. The van der Waals surface area contributed by atoms with Crippen LogP contribution in [0.1, 0.15) is 62.0 Å². The van der Waals surface area contributed by atoms with Gasteiger partial charge < -0.3 is 33.7 Å². The molecule has 0 amide bonds. The Labute approximate surface area is 322 Å². The number of phenols is 1. The van der Waals surface area contributed by atoms with Gasteiger partial charge in [0.2, 0.25) is 0 Å². The van der Waals surface area contributed by atoms with Gasteiger partial charge in [0.05, 0.1) is 37.1 Å². The normalized spacial score (nSPS) is 18.7. The van der Waals surface area contributed by atoms with Gasteiger partial charge in [-0.1, -0.05) is 49.9 Å². The predicted molar refractivity (Wildman–Crippen MR) is 212 cm³/mol. The van der Waals surface area contributed by atoms with Crippen LogP contribution in [0.3, 0.4) is 0 Å². The highest BCUT2D eigenvalue weighted by atomic mass is 35.5. The smallest absolute Gasteiger partial charge is 0.181 e. The maximum absolute atomic E-state index is 13.6. The average Bonchev–Trinajstić information content (AvgIpc) is 3.14. The van der Waals surface area contributed by atoms with Gasteiger partial charge in [0.15, 0.2) is 17.3 Å². The minimum Gasteiger partial charge on any atom is -0.507 e. The largest absolute Gasteiger partial charge is 0.507 e. The van der Waals surface area contributed by atoms with E-state index in [0.717, 1.165) is 19.6 Å². The van der Waals surface area contributed by atoms with Crippen LogP contribution in [0.15, 0.2) is 82.6 Å². The van der Waals surface area contributed by atoms with Gasteiger partial charge in [-0.15, -0.1) is 12.4 Å². The molecule has 8 rings (SSSR count). The van der Waals surface area contributed by atoms with Crippen LogP contribution < -0.4 is 28.6 Å². The minimum absolute atomic E-state index is 0. The molecule has 4 aliphatic rings. The van der Waals surface area contributed by atoms with Crippen LogP contribution in [0.25, 0.3) is 6.08 Å². The van der Waals surface area contributed by atoms with Gasteiger partial charge >= 0.3 is 0 Å². The Morgan fingerprint density at radius 3 is 2.21 bits per heavy atom. The third-order valence-electron chi connectivity index (χ3n) is 10.1. The van der Waals surface area contributed by atoms with Crippen LogP contribution in [0.5, 0.6) is 34.5 Å². The molecule has 0 spiro atoms. The average molecular weight is 759 g/mol. The molecule has 0 aromatic heterocycles. The summed E-state index contributed by atoms with van der Waals surface area (Å²) in [5.74, 6) is 1.34. The molecule has 0 radical (unpaired) electrons. The van der Waals surface area contributed by atoms with E-state index >= 15 is 0 Å². The molecule has 4 heterocycles. The molecule has 4 aromatic rings. The van der Waals surface area contributed by atoms with Crippen molar-refractivity contribution in [3.05, 3.63) is 89.5 Å². The molecule has 4 aromatic carbocycles. The van der Waals surface area contributed by atoms with Crippen molar-refractivity contribution in [3.8, 4) is 34.5 Å². The first-order valence-electron chi connectivity index (χ1n) is 17.8. The third-order valence-corrected chi connectivity index (χ3v) is 11.3. The molecule has 9 nitrogen and oxygen atoms in total. The fraction of sp³-hybridized carbons (Fsp3) is 0.357. The number of methoxy groups -OCH3 is 2. The van der Waals surface area contributed by atoms with E-state index in [1.165, 1.54) is 34.3 Å². The molecular weight excluding hydrogens is 712 g/mol. The number of hydrogen-bond donors (Lipinski definition) is 1. The number of likely N-dealkylation sites (N-methyl/N-ethyl adjacent to an activating group) is 1. The Bertz CT molecular complexity index is 1990. The van der Waals surface area contributed by atoms with Crippen LogP contribution in [-0.4, -0.2) is 74.0 Å². The van der Waals surface area contributed by atoms with Crippen molar-refractivity contribution >= 4 is 47.4 Å². The van der Waals surface area contributed by atoms with Crippen molar-refractivity contribution in [2.24, 2.45) is 0 Å². The number of benzene rings is 4. The van der Waals surface area contributed by atoms with Crippen LogP contribution in [0, 0.1) is 0 Å². The Morgan fingerprint density at radius 2 is 1.58 bits per heavy atom. The second-order valence-electron chi connectivity index (χ2n) is 13.8. The summed E-state index contributed by atoms with van der Waals surface area (Å²) in [5, 5.41) is 10.7. The van der Waals surface area contributed by atoms with Crippen LogP contribution in [-0.2, 0) is 0 Å². The standard InChI is InChI=1S/C23H22O7.C19H24N2S.ClH/c1-23(2)6-5-11-15(30-23)8-13(24)20-21(25)19-12-7-16(26-3)17(27-4)9-14(12)28-10-18(19)29-22(11)20;1-4-20(5-2)15(3)14-21-16-10-6-8-12-18(16)22-19-13-9-7-11-17(19)21;/h5-9,18-19,24H,10H2,1-4H3;6-13,15H,4-5,14H2,1-3H3;1H. The Hall–Kier alpha value is -4.51. The van der Waals surface area contributed by atoms with E-state index in [0.29, 0.717) is 45.9 Å². The molecule has 53 heavy (non-hydrogen) atoms. The summed E-state index contributed by atoms with van der Waals surface area (Å²) in [5.41, 5.74) is 3.61. The number of rotatable bonds is 7. The SMILES string of the molecule is CCN(CC)C(C)CN1c2ccccc2Sc2ccccc21.COc1cc2c(cc1OC)C1C(=O)c3c(O)cc4c(c3OC1CO2)C=CC(C)(C)O4.Cl. The number of halogens is 1. The van der Waals surface area contributed by atoms with E-state index in [-0.39, 0.29) is 36.1 Å². The molecule has 3 unspecified atom stereocenters. The van der Waals surface area contributed by atoms with Crippen LogP contribution >= 0.6 is 24.2 Å². The van der Waals surface area contributed by atoms with Crippen molar-refractivity contribution in [1.29, 1.82) is 0 Å². The van der Waals surface area contributed by atoms with E-state index in [1.54, 1.807) is 19.2 Å². The summed E-state index contributed by atoms with van der Waals surface area (Å²) in [6, 6.07) is 22.9. The maximum atomic E-state index is 13.6. The lowest BCUT2D eigenvalue weighted by Crippen LogP contribution is -2.43. The number of Topliss-reactive ketones (excluding diaryl/α,β-unsaturated/α-hetero) is 1. The highest BCUT2D eigenvalue weighted by Gasteiger charge is 2.46. The number of fused-ring (bicyclic) bond motifs is 8. The first-order chi connectivity index (χ1) is 25.1. The number of para-hydroxylation sites is 2. The summed E-state index contributed by atoms with van der Waals surface area (Å²) in [6.07, 6.45) is 3.23. The topological polar surface area (TPSA) is 89.9 Å². The molecule has 1 N–H and O–H groups in total. The van der Waals surface area contributed by atoms with Crippen LogP contribution in [0.4, 0.5) is 11.4 Å². The molecule has 11 heteroatoms. The molecule has 0 saturated carbocycles. The lowest BCUT2D eigenvalue weighted by Gasteiger charge is -2.39. The second-order valence-corrected chi connectivity index (χ2v) is 14.9. The van der Waals surface area contributed by atoms with Gasteiger partial charge in [-0.25, -0.2) is 0 Å². The van der Waals surface area contributed by atoms with Gasteiger partial charge in [-0.05, 0) is 76.3 Å². The zero-order valence-electron chi connectivity index (χ0n) is 31.2.